The highest BCUT2D eigenvalue weighted by molar-refractivity contribution is 6.25. The van der Waals surface area contributed by atoms with Crippen molar-refractivity contribution in [1.29, 1.82) is 0 Å². The van der Waals surface area contributed by atoms with E-state index in [1.807, 2.05) is 0 Å². The zero-order chi connectivity index (χ0) is 19.0. The Morgan fingerprint density at radius 2 is 1.96 bits per heavy atom. The van der Waals surface area contributed by atoms with E-state index in [0.717, 1.165) is 18.2 Å². The average Bonchev–Trinajstić information content (AvgIpc) is 2.44. The van der Waals surface area contributed by atoms with E-state index in [4.69, 9.17) is 16.3 Å². The van der Waals surface area contributed by atoms with Gasteiger partial charge in [0.15, 0.2) is 11.6 Å². The lowest BCUT2D eigenvalue weighted by molar-refractivity contribution is -0.249. The smallest absolute Gasteiger partial charge is 0.403 e. The lowest BCUT2D eigenvalue weighted by atomic mass is 9.60. The maximum atomic E-state index is 13.4. The number of hydrogen-bond acceptors (Lipinski definition) is 2. The lowest BCUT2D eigenvalue weighted by Gasteiger charge is -2.50. The first kappa shape index (κ1) is 19.8. The van der Waals surface area contributed by atoms with Gasteiger partial charge in [0.2, 0.25) is 5.91 Å². The van der Waals surface area contributed by atoms with Gasteiger partial charge in [0.25, 0.3) is 0 Å². The molecule has 0 aromatic heterocycles. The molecule has 0 saturated heterocycles. The van der Waals surface area contributed by atoms with Crippen LogP contribution in [0.25, 0.3) is 0 Å². The molecule has 0 aliphatic heterocycles. The number of nitrogens with one attached hydrogen (secondary N) is 1. The molecule has 9 heteroatoms. The third-order valence-electron chi connectivity index (χ3n) is 4.08. The number of benzene rings is 1. The minimum atomic E-state index is -4.74. The quantitative estimate of drug-likeness (QED) is 0.609. The SMILES string of the molecule is CC(COc1cc(F)ccc1F)NC(=O)[C@]1(C(F)(F)F)C[C@](C)(Cl)C1. The molecule has 0 spiro atoms. The summed E-state index contributed by atoms with van der Waals surface area (Å²) in [7, 11) is 0. The van der Waals surface area contributed by atoms with Crippen LogP contribution in [0.5, 0.6) is 5.75 Å². The van der Waals surface area contributed by atoms with Gasteiger partial charge in [-0.05, 0) is 38.8 Å². The number of halogens is 6. The predicted octanol–water partition coefficient (Wildman–Crippen LogP) is 4.19. The van der Waals surface area contributed by atoms with Gasteiger partial charge in [-0.3, -0.25) is 4.79 Å². The summed E-state index contributed by atoms with van der Waals surface area (Å²) in [5.41, 5.74) is -2.54. The van der Waals surface area contributed by atoms with Gasteiger partial charge >= 0.3 is 6.18 Å². The highest BCUT2D eigenvalue weighted by atomic mass is 35.5. The molecule has 1 aromatic carbocycles. The molecule has 3 nitrogen and oxygen atoms in total. The molecular formula is C16H17ClF5NO2. The van der Waals surface area contributed by atoms with Crippen molar-refractivity contribution >= 4 is 17.5 Å². The van der Waals surface area contributed by atoms with Gasteiger partial charge in [0.05, 0.1) is 6.04 Å². The minimum absolute atomic E-state index is 0.321. The fourth-order valence-corrected chi connectivity index (χ4v) is 3.36. The molecule has 2 rings (SSSR count). The van der Waals surface area contributed by atoms with E-state index in [1.165, 1.54) is 13.8 Å². The first-order valence-corrected chi connectivity index (χ1v) is 7.89. The van der Waals surface area contributed by atoms with Crippen LogP contribution in [-0.2, 0) is 4.79 Å². The van der Waals surface area contributed by atoms with Gasteiger partial charge in [0.1, 0.15) is 17.8 Å². The topological polar surface area (TPSA) is 38.3 Å². The van der Waals surface area contributed by atoms with Crippen molar-refractivity contribution in [3.8, 4) is 5.75 Å². The molecule has 1 amide bonds. The van der Waals surface area contributed by atoms with Crippen LogP contribution in [0.1, 0.15) is 26.7 Å². The Bertz CT molecular complexity index is 654. The number of carbonyl (C=O) groups is 1. The number of carbonyl (C=O) groups excluding carboxylic acids is 1. The summed E-state index contributed by atoms with van der Waals surface area (Å²) < 4.78 is 71.4. The number of hydrogen-bond donors (Lipinski definition) is 1. The van der Waals surface area contributed by atoms with Crippen LogP contribution in [0, 0.1) is 17.0 Å². The van der Waals surface area contributed by atoms with Crippen molar-refractivity contribution in [2.45, 2.75) is 43.8 Å². The van der Waals surface area contributed by atoms with Crippen molar-refractivity contribution in [1.82, 2.24) is 5.32 Å². The second-order valence-electron chi connectivity index (χ2n) is 6.61. The van der Waals surface area contributed by atoms with E-state index in [1.54, 1.807) is 0 Å². The molecule has 1 aliphatic rings. The summed E-state index contributed by atoms with van der Waals surface area (Å²) in [4.78, 5) is 11.1. The Kier molecular flexibility index (Phi) is 5.23. The van der Waals surface area contributed by atoms with Gasteiger partial charge in [0, 0.05) is 10.9 Å². The Morgan fingerprint density at radius 1 is 1.36 bits per heavy atom. The Labute approximate surface area is 146 Å². The summed E-state index contributed by atoms with van der Waals surface area (Å²) in [6, 6.07) is 1.73. The van der Waals surface area contributed by atoms with Crippen molar-refractivity contribution < 1.29 is 31.5 Å². The molecule has 0 heterocycles. The fraction of sp³-hybridized carbons (Fsp3) is 0.562. The molecular weight excluding hydrogens is 369 g/mol. The van der Waals surface area contributed by atoms with E-state index >= 15 is 0 Å². The largest absolute Gasteiger partial charge is 0.488 e. The normalized spacial score (nSPS) is 27.4. The molecule has 1 N–H and O–H groups in total. The van der Waals surface area contributed by atoms with E-state index < -0.39 is 52.9 Å². The van der Waals surface area contributed by atoms with E-state index in [2.05, 4.69) is 5.32 Å². The Hall–Kier alpha value is -1.57. The number of rotatable bonds is 5. The average molecular weight is 386 g/mol. The first-order valence-electron chi connectivity index (χ1n) is 7.51. The summed E-state index contributed by atoms with van der Waals surface area (Å²) in [5, 5.41) is 2.21. The second kappa shape index (κ2) is 6.63. The fourth-order valence-electron chi connectivity index (χ4n) is 2.90. The van der Waals surface area contributed by atoms with Crippen LogP contribution in [0.4, 0.5) is 22.0 Å². The van der Waals surface area contributed by atoms with Crippen molar-refractivity contribution in [3.05, 3.63) is 29.8 Å². The molecule has 25 heavy (non-hydrogen) atoms. The van der Waals surface area contributed by atoms with Gasteiger partial charge in [-0.15, -0.1) is 11.6 Å². The summed E-state index contributed by atoms with van der Waals surface area (Å²) in [5.74, 6) is -3.12. The number of ether oxygens (including phenoxy) is 1. The first-order chi connectivity index (χ1) is 11.4. The summed E-state index contributed by atoms with van der Waals surface area (Å²) in [6.45, 7) is 2.51. The van der Waals surface area contributed by atoms with Crippen LogP contribution in [-0.4, -0.2) is 29.6 Å². The maximum absolute atomic E-state index is 13.4. The van der Waals surface area contributed by atoms with E-state index in [9.17, 15) is 26.7 Å². The zero-order valence-electron chi connectivity index (χ0n) is 13.5. The van der Waals surface area contributed by atoms with Gasteiger partial charge in [-0.1, -0.05) is 0 Å². The minimum Gasteiger partial charge on any atom is -0.488 e. The molecule has 140 valence electrons. The highest BCUT2D eigenvalue weighted by Crippen LogP contribution is 2.60. The van der Waals surface area contributed by atoms with Gasteiger partial charge in [-0.2, -0.15) is 13.2 Å². The number of amides is 1. The van der Waals surface area contributed by atoms with Gasteiger partial charge in [-0.25, -0.2) is 8.78 Å². The Morgan fingerprint density at radius 3 is 2.48 bits per heavy atom. The highest BCUT2D eigenvalue weighted by Gasteiger charge is 2.70. The van der Waals surface area contributed by atoms with Crippen molar-refractivity contribution in [2.24, 2.45) is 5.41 Å². The van der Waals surface area contributed by atoms with Crippen LogP contribution in [0.2, 0.25) is 0 Å². The third kappa shape index (κ3) is 4.16. The molecule has 1 fully saturated rings. The summed E-state index contributed by atoms with van der Waals surface area (Å²) >= 11 is 5.87. The molecule has 1 aromatic rings. The molecule has 1 aliphatic carbocycles. The van der Waals surface area contributed by atoms with Crippen molar-refractivity contribution in [3.63, 3.8) is 0 Å². The maximum Gasteiger partial charge on any atom is 0.403 e. The number of alkyl halides is 4. The van der Waals surface area contributed by atoms with E-state index in [-0.39, 0.29) is 12.4 Å². The molecule has 0 radical (unpaired) electrons. The second-order valence-corrected chi connectivity index (χ2v) is 7.52. The molecule has 1 saturated carbocycles. The standard InChI is InChI=1S/C16H17ClF5NO2/c1-9(6-25-12-5-10(18)3-4-11(12)19)23-13(24)15(16(20,21)22)7-14(2,17)8-15/h3-5,9H,6-8H2,1-2H3,(H,23,24)/t9?,14-,15-. The van der Waals surface area contributed by atoms with Crippen LogP contribution in [0.15, 0.2) is 18.2 Å². The molecule has 0 bridgehead atoms. The molecule has 1 atom stereocenters. The lowest BCUT2D eigenvalue weighted by Crippen LogP contribution is -2.63. The Balaban J connectivity index is 1.98. The van der Waals surface area contributed by atoms with Crippen LogP contribution >= 0.6 is 11.6 Å². The summed E-state index contributed by atoms with van der Waals surface area (Å²) in [6.07, 6.45) is -5.79. The molecule has 1 unspecified atom stereocenters. The van der Waals surface area contributed by atoms with Crippen molar-refractivity contribution in [2.75, 3.05) is 6.61 Å². The van der Waals surface area contributed by atoms with Crippen LogP contribution in [0.3, 0.4) is 0 Å². The monoisotopic (exact) mass is 385 g/mol. The van der Waals surface area contributed by atoms with Gasteiger partial charge < -0.3 is 10.1 Å². The van der Waals surface area contributed by atoms with Crippen LogP contribution < -0.4 is 10.1 Å². The van der Waals surface area contributed by atoms with E-state index in [0.29, 0.717) is 0 Å². The predicted molar refractivity (Wildman–Crippen MR) is 81.4 cm³/mol. The third-order valence-corrected chi connectivity index (χ3v) is 4.34. The zero-order valence-corrected chi connectivity index (χ0v) is 14.3.